The van der Waals surface area contributed by atoms with E-state index in [0.29, 0.717) is 5.56 Å². The average Bonchev–Trinajstić information content (AvgIpc) is 1.92. The lowest BCUT2D eigenvalue weighted by molar-refractivity contribution is 0.498. The van der Waals surface area contributed by atoms with Crippen LogP contribution in [0.4, 0.5) is 4.39 Å². The number of hydrogen-bond donors (Lipinski definition) is 0. The smallest absolute Gasteiger partial charge is 0.216 e. The fourth-order valence-electron chi connectivity index (χ4n) is 1.08. The summed E-state index contributed by atoms with van der Waals surface area (Å²) in [6, 6.07) is 1.85. The van der Waals surface area contributed by atoms with E-state index in [4.69, 9.17) is 0 Å². The van der Waals surface area contributed by atoms with Crippen molar-refractivity contribution in [1.29, 1.82) is 0 Å². The van der Waals surface area contributed by atoms with Gasteiger partial charge in [-0.2, -0.15) is 4.39 Å². The van der Waals surface area contributed by atoms with Crippen molar-refractivity contribution in [2.75, 3.05) is 0 Å². The minimum Gasteiger partial charge on any atom is -0.228 e. The Balaban J connectivity index is 3.23. The zero-order valence-electron chi connectivity index (χ0n) is 7.98. The normalized spacial score (nSPS) is 11.8. The molecule has 0 spiro atoms. The molecule has 2 heteroatoms. The highest BCUT2D eigenvalue weighted by Crippen LogP contribution is 2.24. The summed E-state index contributed by atoms with van der Waals surface area (Å²) in [6.07, 6.45) is 1.55. The highest BCUT2D eigenvalue weighted by atomic mass is 19.1. The van der Waals surface area contributed by atoms with Crippen LogP contribution in [0, 0.1) is 12.9 Å². The second-order valence-electron chi connectivity index (χ2n) is 4.10. The molecule has 0 fully saturated rings. The van der Waals surface area contributed by atoms with E-state index < -0.39 is 0 Å². The predicted octanol–water partition coefficient (Wildman–Crippen LogP) is 2.83. The zero-order chi connectivity index (χ0) is 9.35. The van der Waals surface area contributed by atoms with E-state index in [1.54, 1.807) is 6.20 Å². The molecule has 1 rings (SSSR count). The van der Waals surface area contributed by atoms with Crippen LogP contribution in [0.1, 0.15) is 31.9 Å². The van der Waals surface area contributed by atoms with Crippen molar-refractivity contribution in [3.63, 3.8) is 0 Å². The predicted molar refractivity (Wildman–Crippen MR) is 47.6 cm³/mol. The standard InChI is InChI=1S/C10H14FN/c1-7-5-8(10(2,3)4)9(11)12-6-7/h5-6H,1-4H3. The van der Waals surface area contributed by atoms with E-state index in [-0.39, 0.29) is 11.4 Å². The molecule has 66 valence electrons. The Labute approximate surface area is 72.6 Å². The van der Waals surface area contributed by atoms with Gasteiger partial charge in [0.25, 0.3) is 0 Å². The summed E-state index contributed by atoms with van der Waals surface area (Å²) in [5.74, 6) is -0.354. The average molecular weight is 167 g/mol. The lowest BCUT2D eigenvalue weighted by Gasteiger charge is -2.19. The van der Waals surface area contributed by atoms with Crippen LogP contribution in [0.2, 0.25) is 0 Å². The first kappa shape index (κ1) is 9.17. The first-order valence-electron chi connectivity index (χ1n) is 4.04. The molecule has 0 saturated heterocycles. The quantitative estimate of drug-likeness (QED) is 0.541. The Hall–Kier alpha value is -0.920. The largest absolute Gasteiger partial charge is 0.228 e. The number of pyridine rings is 1. The van der Waals surface area contributed by atoms with Crippen LogP contribution in [0.15, 0.2) is 12.3 Å². The molecule has 0 aromatic carbocycles. The Morgan fingerprint density at radius 3 is 2.33 bits per heavy atom. The third kappa shape index (κ3) is 1.81. The molecule has 0 aliphatic heterocycles. The molecule has 0 amide bonds. The molecular weight excluding hydrogens is 153 g/mol. The third-order valence-corrected chi connectivity index (χ3v) is 1.78. The second kappa shape index (κ2) is 2.85. The fraction of sp³-hybridized carbons (Fsp3) is 0.500. The maximum absolute atomic E-state index is 13.2. The highest BCUT2D eigenvalue weighted by molar-refractivity contribution is 5.24. The van der Waals surface area contributed by atoms with Crippen molar-refractivity contribution in [1.82, 2.24) is 4.98 Å². The Morgan fingerprint density at radius 1 is 1.33 bits per heavy atom. The van der Waals surface area contributed by atoms with E-state index >= 15 is 0 Å². The second-order valence-corrected chi connectivity index (χ2v) is 4.10. The van der Waals surface area contributed by atoms with Gasteiger partial charge in [-0.1, -0.05) is 20.8 Å². The Morgan fingerprint density at radius 2 is 1.92 bits per heavy atom. The zero-order valence-corrected chi connectivity index (χ0v) is 7.98. The van der Waals surface area contributed by atoms with Gasteiger partial charge in [0.1, 0.15) is 0 Å². The van der Waals surface area contributed by atoms with Gasteiger partial charge in [0, 0.05) is 11.8 Å². The molecular formula is C10H14FN. The summed E-state index contributed by atoms with van der Waals surface area (Å²) in [6.45, 7) is 7.85. The maximum Gasteiger partial charge on any atom is 0.216 e. The molecule has 1 heterocycles. The van der Waals surface area contributed by atoms with E-state index in [0.717, 1.165) is 5.56 Å². The number of aromatic nitrogens is 1. The summed E-state index contributed by atoms with van der Waals surface area (Å²) in [7, 11) is 0. The van der Waals surface area contributed by atoms with Crippen molar-refractivity contribution < 1.29 is 4.39 Å². The number of halogens is 1. The molecule has 0 aliphatic carbocycles. The molecule has 0 atom stereocenters. The monoisotopic (exact) mass is 167 g/mol. The van der Waals surface area contributed by atoms with Crippen LogP contribution in [0.3, 0.4) is 0 Å². The molecule has 1 aromatic rings. The van der Waals surface area contributed by atoms with E-state index in [1.165, 1.54) is 0 Å². The minimum atomic E-state index is -0.354. The van der Waals surface area contributed by atoms with Gasteiger partial charge in [0.05, 0.1) is 0 Å². The van der Waals surface area contributed by atoms with Crippen LogP contribution >= 0.6 is 0 Å². The number of nitrogens with zero attached hydrogens (tertiary/aromatic N) is 1. The lowest BCUT2D eigenvalue weighted by atomic mass is 9.87. The number of hydrogen-bond acceptors (Lipinski definition) is 1. The molecule has 12 heavy (non-hydrogen) atoms. The minimum absolute atomic E-state index is 0.164. The van der Waals surface area contributed by atoms with Crippen molar-refractivity contribution in [2.24, 2.45) is 0 Å². The van der Waals surface area contributed by atoms with Crippen molar-refractivity contribution in [2.45, 2.75) is 33.1 Å². The van der Waals surface area contributed by atoms with Crippen molar-refractivity contribution in [3.05, 3.63) is 29.3 Å². The summed E-state index contributed by atoms with van der Waals surface area (Å²) in [5.41, 5.74) is 1.52. The van der Waals surface area contributed by atoms with Crippen molar-refractivity contribution >= 4 is 0 Å². The Kier molecular flexibility index (Phi) is 2.18. The lowest BCUT2D eigenvalue weighted by Crippen LogP contribution is -2.14. The van der Waals surface area contributed by atoms with Gasteiger partial charge in [0.2, 0.25) is 5.95 Å². The van der Waals surface area contributed by atoms with Crippen LogP contribution in [0.5, 0.6) is 0 Å². The van der Waals surface area contributed by atoms with Gasteiger partial charge >= 0.3 is 0 Å². The van der Waals surface area contributed by atoms with Gasteiger partial charge in [-0.3, -0.25) is 0 Å². The van der Waals surface area contributed by atoms with Crippen LogP contribution < -0.4 is 0 Å². The fourth-order valence-corrected chi connectivity index (χ4v) is 1.08. The van der Waals surface area contributed by atoms with Crippen LogP contribution in [0.25, 0.3) is 0 Å². The van der Waals surface area contributed by atoms with Crippen molar-refractivity contribution in [3.8, 4) is 0 Å². The highest BCUT2D eigenvalue weighted by Gasteiger charge is 2.18. The van der Waals surface area contributed by atoms with E-state index in [9.17, 15) is 4.39 Å². The van der Waals surface area contributed by atoms with Gasteiger partial charge < -0.3 is 0 Å². The van der Waals surface area contributed by atoms with E-state index in [2.05, 4.69) is 4.98 Å². The Bertz CT molecular complexity index is 286. The molecule has 0 radical (unpaired) electrons. The maximum atomic E-state index is 13.2. The van der Waals surface area contributed by atoms with Gasteiger partial charge in [-0.25, -0.2) is 4.98 Å². The first-order chi connectivity index (χ1) is 5.41. The number of rotatable bonds is 0. The molecule has 1 nitrogen and oxygen atoms in total. The number of aryl methyl sites for hydroxylation is 1. The molecule has 0 unspecified atom stereocenters. The van der Waals surface area contributed by atoms with E-state index in [1.807, 2.05) is 33.8 Å². The molecule has 0 bridgehead atoms. The van der Waals surface area contributed by atoms with Crippen LogP contribution in [-0.4, -0.2) is 4.98 Å². The molecule has 1 aromatic heterocycles. The van der Waals surface area contributed by atoms with Crippen LogP contribution in [-0.2, 0) is 5.41 Å². The summed E-state index contributed by atoms with van der Waals surface area (Å²) >= 11 is 0. The molecule has 0 saturated carbocycles. The topological polar surface area (TPSA) is 12.9 Å². The summed E-state index contributed by atoms with van der Waals surface area (Å²) in [4.78, 5) is 3.68. The molecule has 0 aliphatic rings. The SMILES string of the molecule is Cc1cnc(F)c(C(C)(C)C)c1. The van der Waals surface area contributed by atoms with Gasteiger partial charge in [-0.05, 0) is 24.0 Å². The first-order valence-corrected chi connectivity index (χ1v) is 4.04. The summed E-state index contributed by atoms with van der Waals surface area (Å²) in [5, 5.41) is 0. The van der Waals surface area contributed by atoms with Gasteiger partial charge in [-0.15, -0.1) is 0 Å². The summed E-state index contributed by atoms with van der Waals surface area (Å²) < 4.78 is 13.2. The third-order valence-electron chi connectivity index (χ3n) is 1.78. The van der Waals surface area contributed by atoms with Gasteiger partial charge in [0.15, 0.2) is 0 Å². The molecule has 0 N–H and O–H groups in total.